The smallest absolute Gasteiger partial charge is 0.143 e. The molecule has 0 aliphatic heterocycles. The van der Waals surface area contributed by atoms with Crippen molar-refractivity contribution in [2.75, 3.05) is 0 Å². The van der Waals surface area contributed by atoms with E-state index in [-0.39, 0.29) is 0 Å². The molecule has 0 bridgehead atoms. The molecule has 0 heterocycles. The van der Waals surface area contributed by atoms with Crippen LogP contribution in [0.4, 0.5) is 0 Å². The number of allylic oxidation sites excluding steroid dienone is 2. The van der Waals surface area contributed by atoms with Crippen LogP contribution in [-0.2, 0) is 0 Å². The van der Waals surface area contributed by atoms with Gasteiger partial charge in [0.15, 0.2) is 0 Å². The van der Waals surface area contributed by atoms with Crippen LogP contribution in [0, 0.1) is 0 Å². The van der Waals surface area contributed by atoms with Gasteiger partial charge in [0.25, 0.3) is 0 Å². The highest BCUT2D eigenvalue weighted by molar-refractivity contribution is 6.74. The van der Waals surface area contributed by atoms with Gasteiger partial charge in [-0.15, -0.1) is 0 Å². The van der Waals surface area contributed by atoms with Crippen molar-refractivity contribution in [3.8, 4) is 0 Å². The maximum absolute atomic E-state index is 3.56. The first-order chi connectivity index (χ1) is 4.49. The molecule has 0 spiro atoms. The minimum atomic E-state index is -1.08. The molecule has 10 heavy (non-hydrogen) atoms. The van der Waals surface area contributed by atoms with Gasteiger partial charge in [0.1, 0.15) is 8.24 Å². The van der Waals surface area contributed by atoms with E-state index in [1.54, 1.807) is 0 Å². The average molecular weight is 157 g/mol. The van der Waals surface area contributed by atoms with E-state index < -0.39 is 8.24 Å². The molecule has 0 aromatic heterocycles. The average Bonchev–Trinajstić information content (AvgIpc) is 1.81. The van der Waals surface area contributed by atoms with Gasteiger partial charge in [0.2, 0.25) is 0 Å². The summed E-state index contributed by atoms with van der Waals surface area (Å²) in [6.07, 6.45) is 3.29. The third-order valence-electron chi connectivity index (χ3n) is 1.26. The topological polar surface area (TPSA) is 12.0 Å². The lowest BCUT2D eigenvalue weighted by molar-refractivity contribution is 0.971. The second-order valence-corrected chi connectivity index (χ2v) is 8.29. The molecule has 0 rings (SSSR count). The molecule has 0 saturated heterocycles. The molecule has 0 atom stereocenters. The summed E-state index contributed by atoms with van der Waals surface area (Å²) in [4.78, 5) is 3.56. The van der Waals surface area contributed by atoms with E-state index >= 15 is 0 Å². The van der Waals surface area contributed by atoms with Gasteiger partial charge in [0, 0.05) is 0 Å². The van der Waals surface area contributed by atoms with E-state index in [0.717, 1.165) is 6.42 Å². The zero-order valence-corrected chi connectivity index (χ0v) is 8.78. The maximum Gasteiger partial charge on any atom is 0.143 e. The van der Waals surface area contributed by atoms with Crippen molar-refractivity contribution >= 4 is 8.24 Å². The van der Waals surface area contributed by atoms with Crippen molar-refractivity contribution < 1.29 is 0 Å². The summed E-state index contributed by atoms with van der Waals surface area (Å²) in [5.41, 5.74) is 1.39. The quantitative estimate of drug-likeness (QED) is 0.621. The fraction of sp³-hybridized carbons (Fsp3) is 0.750. The monoisotopic (exact) mass is 157 g/mol. The van der Waals surface area contributed by atoms with E-state index in [1.807, 2.05) is 0 Å². The summed E-state index contributed by atoms with van der Waals surface area (Å²) in [5.74, 6) is 0. The van der Waals surface area contributed by atoms with Gasteiger partial charge in [-0.05, 0) is 19.0 Å². The predicted molar refractivity (Wildman–Crippen MR) is 50.5 cm³/mol. The molecule has 60 valence electrons. The second kappa shape index (κ2) is 3.81. The molecule has 0 unspecified atom stereocenters. The molecular weight excluding hydrogens is 138 g/mol. The summed E-state index contributed by atoms with van der Waals surface area (Å²) in [6.45, 7) is 11.2. The van der Waals surface area contributed by atoms with Crippen LogP contribution in [0.1, 0.15) is 20.3 Å². The van der Waals surface area contributed by atoms with Crippen LogP contribution in [0.5, 0.6) is 0 Å². The summed E-state index contributed by atoms with van der Waals surface area (Å²) in [7, 11) is -1.08. The Morgan fingerprint density at radius 1 is 1.40 bits per heavy atom. The third-order valence-corrected chi connectivity index (χ3v) is 2.34. The second-order valence-electron chi connectivity index (χ2n) is 3.54. The van der Waals surface area contributed by atoms with E-state index in [2.05, 4.69) is 44.5 Å². The molecule has 0 aliphatic carbocycles. The first-order valence-electron chi connectivity index (χ1n) is 3.93. The van der Waals surface area contributed by atoms with E-state index in [9.17, 15) is 0 Å². The van der Waals surface area contributed by atoms with Gasteiger partial charge < -0.3 is 4.98 Å². The van der Waals surface area contributed by atoms with Gasteiger partial charge in [0.05, 0.1) is 0 Å². The standard InChI is InChI=1S/C8H19NSi/c1-6-8(7-2)9-10(3,4)5/h6,9H,7H2,1-5H3/b8-6+. The zero-order valence-electron chi connectivity index (χ0n) is 7.78. The fourth-order valence-electron chi connectivity index (χ4n) is 0.846. The van der Waals surface area contributed by atoms with Crippen LogP contribution in [0.3, 0.4) is 0 Å². The summed E-state index contributed by atoms with van der Waals surface area (Å²) < 4.78 is 0. The molecule has 0 aromatic carbocycles. The number of hydrogen-bond acceptors (Lipinski definition) is 1. The molecule has 2 heteroatoms. The summed E-state index contributed by atoms with van der Waals surface area (Å²) in [6, 6.07) is 0. The van der Waals surface area contributed by atoms with Crippen molar-refractivity contribution in [1.82, 2.24) is 4.98 Å². The molecule has 0 amide bonds. The lowest BCUT2D eigenvalue weighted by Crippen LogP contribution is -2.40. The van der Waals surface area contributed by atoms with E-state index in [4.69, 9.17) is 0 Å². The fourth-order valence-corrected chi connectivity index (χ4v) is 2.13. The molecule has 0 aliphatic rings. The minimum Gasteiger partial charge on any atom is -0.414 e. The summed E-state index contributed by atoms with van der Waals surface area (Å²) in [5, 5.41) is 0. The van der Waals surface area contributed by atoms with Crippen LogP contribution < -0.4 is 4.98 Å². The Hall–Kier alpha value is -0.243. The Kier molecular flexibility index (Phi) is 3.72. The van der Waals surface area contributed by atoms with Gasteiger partial charge in [-0.3, -0.25) is 0 Å². The van der Waals surface area contributed by atoms with Crippen LogP contribution in [0.25, 0.3) is 0 Å². The Labute approximate surface area is 65.6 Å². The third kappa shape index (κ3) is 4.62. The highest BCUT2D eigenvalue weighted by Crippen LogP contribution is 2.02. The normalized spacial score (nSPS) is 13.5. The first-order valence-corrected chi connectivity index (χ1v) is 7.43. The van der Waals surface area contributed by atoms with Gasteiger partial charge in [-0.1, -0.05) is 32.6 Å². The largest absolute Gasteiger partial charge is 0.414 e. The van der Waals surface area contributed by atoms with Crippen LogP contribution in [0.15, 0.2) is 11.8 Å². The van der Waals surface area contributed by atoms with Gasteiger partial charge in [-0.25, -0.2) is 0 Å². The zero-order chi connectivity index (χ0) is 8.20. The molecule has 0 radical (unpaired) electrons. The van der Waals surface area contributed by atoms with Gasteiger partial charge in [-0.2, -0.15) is 0 Å². The highest BCUT2D eigenvalue weighted by Gasteiger charge is 2.12. The lowest BCUT2D eigenvalue weighted by Gasteiger charge is -2.21. The molecular formula is C8H19NSi. The maximum atomic E-state index is 3.56. The number of hydrogen-bond donors (Lipinski definition) is 1. The van der Waals surface area contributed by atoms with Crippen molar-refractivity contribution in [2.24, 2.45) is 0 Å². The highest BCUT2D eigenvalue weighted by atomic mass is 28.3. The Bertz CT molecular complexity index is 122. The predicted octanol–water partition coefficient (Wildman–Crippen LogP) is 2.72. The minimum absolute atomic E-state index is 1.08. The lowest BCUT2D eigenvalue weighted by atomic mass is 10.3. The summed E-state index contributed by atoms with van der Waals surface area (Å²) >= 11 is 0. The molecule has 0 fully saturated rings. The molecule has 0 aromatic rings. The van der Waals surface area contributed by atoms with Crippen molar-refractivity contribution in [3.05, 3.63) is 11.8 Å². The van der Waals surface area contributed by atoms with E-state index in [0.29, 0.717) is 0 Å². The van der Waals surface area contributed by atoms with Crippen LogP contribution in [0.2, 0.25) is 19.6 Å². The first kappa shape index (κ1) is 9.76. The van der Waals surface area contributed by atoms with Crippen LogP contribution in [-0.4, -0.2) is 8.24 Å². The molecule has 1 N–H and O–H groups in total. The van der Waals surface area contributed by atoms with Crippen molar-refractivity contribution in [3.63, 3.8) is 0 Å². The molecule has 0 saturated carbocycles. The van der Waals surface area contributed by atoms with E-state index in [1.165, 1.54) is 5.70 Å². The Morgan fingerprint density at radius 3 is 2.00 bits per heavy atom. The number of nitrogens with one attached hydrogen (secondary N) is 1. The SMILES string of the molecule is C/C=C(\CC)N[Si](C)(C)C. The van der Waals surface area contributed by atoms with Crippen molar-refractivity contribution in [1.29, 1.82) is 0 Å². The van der Waals surface area contributed by atoms with Crippen molar-refractivity contribution in [2.45, 2.75) is 39.9 Å². The Morgan fingerprint density at radius 2 is 1.90 bits per heavy atom. The van der Waals surface area contributed by atoms with Crippen LogP contribution >= 0.6 is 0 Å². The van der Waals surface area contributed by atoms with Gasteiger partial charge >= 0.3 is 0 Å². The Balaban J connectivity index is 3.88. The number of rotatable bonds is 3. The molecule has 1 nitrogen and oxygen atoms in total.